The number of carbonyl (C=O) groups excluding carboxylic acids is 1. The fraction of sp³-hybridized carbons (Fsp3) is 0.632. The van der Waals surface area contributed by atoms with E-state index >= 15 is 0 Å². The lowest BCUT2D eigenvalue weighted by molar-refractivity contribution is 0.0773. The van der Waals surface area contributed by atoms with Gasteiger partial charge in [-0.3, -0.25) is 9.69 Å². The molecule has 3 heterocycles. The van der Waals surface area contributed by atoms with Crippen molar-refractivity contribution >= 4 is 36.4 Å². The largest absolute Gasteiger partial charge is 0.378 e. The van der Waals surface area contributed by atoms with Gasteiger partial charge in [0.1, 0.15) is 0 Å². The van der Waals surface area contributed by atoms with Crippen molar-refractivity contribution in [1.29, 1.82) is 0 Å². The summed E-state index contributed by atoms with van der Waals surface area (Å²) in [5.41, 5.74) is 1.98. The van der Waals surface area contributed by atoms with E-state index in [1.807, 2.05) is 17.0 Å². The molecule has 3 aliphatic rings. The van der Waals surface area contributed by atoms with E-state index in [-0.39, 0.29) is 30.7 Å². The van der Waals surface area contributed by atoms with Crippen LogP contribution in [0.2, 0.25) is 0 Å². The quantitative estimate of drug-likeness (QED) is 0.808. The molecule has 1 unspecified atom stereocenters. The van der Waals surface area contributed by atoms with E-state index in [0.29, 0.717) is 6.04 Å². The number of benzene rings is 1. The monoisotopic (exact) mass is 416 g/mol. The molecule has 1 aromatic carbocycles. The second-order valence-electron chi connectivity index (χ2n) is 7.13. The number of piperazine rings is 1. The van der Waals surface area contributed by atoms with Crippen molar-refractivity contribution < 1.29 is 9.53 Å². The maximum absolute atomic E-state index is 12.8. The third-order valence-electron chi connectivity index (χ3n) is 5.61. The summed E-state index contributed by atoms with van der Waals surface area (Å²) in [7, 11) is 0. The summed E-state index contributed by atoms with van der Waals surface area (Å²) in [6.07, 6.45) is 1.09. The van der Waals surface area contributed by atoms with E-state index in [1.54, 1.807) is 0 Å². The average Bonchev–Trinajstić information content (AvgIpc) is 3.19. The molecule has 0 saturated carbocycles. The number of amides is 1. The Morgan fingerprint density at radius 2 is 1.63 bits per heavy atom. The van der Waals surface area contributed by atoms with Crippen LogP contribution in [0.15, 0.2) is 24.3 Å². The summed E-state index contributed by atoms with van der Waals surface area (Å²) in [6.45, 7) is 9.47. The lowest BCUT2D eigenvalue weighted by Crippen LogP contribution is -2.49. The van der Waals surface area contributed by atoms with Gasteiger partial charge in [-0.05, 0) is 30.7 Å². The standard InChI is InChI=1S/C19H28N4O2.2ClH/c24-19(23-8-5-18(15-23)21-9-6-20-7-10-21)16-1-3-17(4-2-16)22-11-13-25-14-12-22;;/h1-4,18,20H,5-15H2;2*1H. The number of nitrogens with zero attached hydrogens (tertiary/aromatic N) is 3. The normalized spacial score (nSPS) is 23.5. The molecule has 1 N–H and O–H groups in total. The lowest BCUT2D eigenvalue weighted by atomic mass is 10.1. The van der Waals surface area contributed by atoms with E-state index in [4.69, 9.17) is 4.74 Å². The van der Waals surface area contributed by atoms with Crippen molar-refractivity contribution in [3.05, 3.63) is 29.8 Å². The molecule has 3 fully saturated rings. The van der Waals surface area contributed by atoms with Crippen LogP contribution in [-0.2, 0) is 4.74 Å². The van der Waals surface area contributed by atoms with Gasteiger partial charge in [0, 0.05) is 69.7 Å². The van der Waals surface area contributed by atoms with Gasteiger partial charge in [-0.1, -0.05) is 0 Å². The highest BCUT2D eigenvalue weighted by Crippen LogP contribution is 2.21. The molecule has 4 rings (SSSR count). The molecule has 27 heavy (non-hydrogen) atoms. The van der Waals surface area contributed by atoms with Crippen molar-refractivity contribution in [3.63, 3.8) is 0 Å². The first-order chi connectivity index (χ1) is 12.3. The Morgan fingerprint density at radius 1 is 0.963 bits per heavy atom. The molecule has 8 heteroatoms. The Balaban J connectivity index is 0.00000131. The molecular weight excluding hydrogens is 387 g/mol. The first kappa shape index (κ1) is 22.2. The first-order valence-corrected chi connectivity index (χ1v) is 9.48. The first-order valence-electron chi connectivity index (χ1n) is 9.48. The van der Waals surface area contributed by atoms with Gasteiger partial charge >= 0.3 is 0 Å². The van der Waals surface area contributed by atoms with Gasteiger partial charge in [0.05, 0.1) is 13.2 Å². The van der Waals surface area contributed by atoms with Gasteiger partial charge in [-0.15, -0.1) is 24.8 Å². The summed E-state index contributed by atoms with van der Waals surface area (Å²) in [6, 6.07) is 8.63. The molecule has 6 nitrogen and oxygen atoms in total. The van der Waals surface area contributed by atoms with E-state index in [9.17, 15) is 4.79 Å². The second-order valence-corrected chi connectivity index (χ2v) is 7.13. The molecule has 0 aliphatic carbocycles. The average molecular weight is 417 g/mol. The summed E-state index contributed by atoms with van der Waals surface area (Å²) in [4.78, 5) is 19.7. The minimum absolute atomic E-state index is 0. The van der Waals surface area contributed by atoms with Gasteiger partial charge in [-0.2, -0.15) is 0 Å². The van der Waals surface area contributed by atoms with Crippen LogP contribution in [0.5, 0.6) is 0 Å². The number of anilines is 1. The van der Waals surface area contributed by atoms with Crippen LogP contribution >= 0.6 is 24.8 Å². The van der Waals surface area contributed by atoms with Crippen LogP contribution in [0, 0.1) is 0 Å². The number of rotatable bonds is 3. The van der Waals surface area contributed by atoms with Crippen LogP contribution in [-0.4, -0.2) is 87.3 Å². The SMILES string of the molecule is Cl.Cl.O=C(c1ccc(N2CCOCC2)cc1)N1CCC(N2CCNCC2)C1. The number of hydrogen-bond donors (Lipinski definition) is 1. The molecule has 1 atom stereocenters. The maximum Gasteiger partial charge on any atom is 0.253 e. The molecule has 0 aromatic heterocycles. The van der Waals surface area contributed by atoms with Crippen LogP contribution in [0.4, 0.5) is 5.69 Å². The molecule has 0 bridgehead atoms. The van der Waals surface area contributed by atoms with Gasteiger partial charge < -0.3 is 19.9 Å². The van der Waals surface area contributed by atoms with Gasteiger partial charge in [-0.25, -0.2) is 0 Å². The number of hydrogen-bond acceptors (Lipinski definition) is 5. The van der Waals surface area contributed by atoms with E-state index in [1.165, 1.54) is 5.69 Å². The van der Waals surface area contributed by atoms with Crippen molar-refractivity contribution in [3.8, 4) is 0 Å². The fourth-order valence-corrected chi connectivity index (χ4v) is 4.09. The third kappa shape index (κ3) is 5.27. The summed E-state index contributed by atoms with van der Waals surface area (Å²) in [5, 5.41) is 3.40. The number of halogens is 2. The minimum atomic E-state index is 0. The highest BCUT2D eigenvalue weighted by Gasteiger charge is 2.31. The Hall–Kier alpha value is -1.05. The van der Waals surface area contributed by atoms with Crippen molar-refractivity contribution in [2.24, 2.45) is 0 Å². The molecule has 0 spiro atoms. The molecule has 152 valence electrons. The number of morpholine rings is 1. The minimum Gasteiger partial charge on any atom is -0.378 e. The van der Waals surface area contributed by atoms with Crippen molar-refractivity contribution in [2.75, 3.05) is 70.5 Å². The zero-order valence-electron chi connectivity index (χ0n) is 15.6. The molecule has 1 amide bonds. The summed E-state index contributed by atoms with van der Waals surface area (Å²) >= 11 is 0. The van der Waals surface area contributed by atoms with Gasteiger partial charge in [0.15, 0.2) is 0 Å². The smallest absolute Gasteiger partial charge is 0.253 e. The Kier molecular flexibility index (Phi) is 8.63. The molecule has 1 aromatic rings. The van der Waals surface area contributed by atoms with Gasteiger partial charge in [0.25, 0.3) is 5.91 Å². The topological polar surface area (TPSA) is 48.1 Å². The Labute approximate surface area is 174 Å². The van der Waals surface area contributed by atoms with Crippen LogP contribution in [0.1, 0.15) is 16.8 Å². The molecule has 3 aliphatic heterocycles. The van der Waals surface area contributed by atoms with E-state index in [2.05, 4.69) is 27.2 Å². The zero-order valence-corrected chi connectivity index (χ0v) is 17.3. The number of likely N-dealkylation sites (tertiary alicyclic amines) is 1. The molecular formula is C19H30Cl2N4O2. The van der Waals surface area contributed by atoms with Gasteiger partial charge in [0.2, 0.25) is 0 Å². The highest BCUT2D eigenvalue weighted by atomic mass is 35.5. The number of nitrogens with one attached hydrogen (secondary N) is 1. The van der Waals surface area contributed by atoms with Crippen LogP contribution in [0.25, 0.3) is 0 Å². The Morgan fingerprint density at radius 3 is 2.30 bits per heavy atom. The van der Waals surface area contributed by atoms with Crippen LogP contribution < -0.4 is 10.2 Å². The summed E-state index contributed by atoms with van der Waals surface area (Å²) in [5.74, 6) is 0.172. The zero-order chi connectivity index (χ0) is 17.1. The molecule has 0 radical (unpaired) electrons. The van der Waals surface area contributed by atoms with Crippen molar-refractivity contribution in [2.45, 2.75) is 12.5 Å². The predicted molar refractivity (Wildman–Crippen MR) is 113 cm³/mol. The van der Waals surface area contributed by atoms with Crippen LogP contribution in [0.3, 0.4) is 0 Å². The van der Waals surface area contributed by atoms with Crippen molar-refractivity contribution in [1.82, 2.24) is 15.1 Å². The third-order valence-corrected chi connectivity index (χ3v) is 5.61. The van der Waals surface area contributed by atoms with E-state index in [0.717, 1.165) is 77.6 Å². The molecule has 3 saturated heterocycles. The highest BCUT2D eigenvalue weighted by molar-refractivity contribution is 5.94. The summed E-state index contributed by atoms with van der Waals surface area (Å²) < 4.78 is 5.40. The maximum atomic E-state index is 12.8. The second kappa shape index (κ2) is 10.5. The Bertz CT molecular complexity index is 590. The van der Waals surface area contributed by atoms with E-state index < -0.39 is 0 Å². The lowest BCUT2D eigenvalue weighted by Gasteiger charge is -2.32. The number of carbonyl (C=O) groups is 1. The fourth-order valence-electron chi connectivity index (χ4n) is 4.09. The predicted octanol–water partition coefficient (Wildman–Crippen LogP) is 1.49. The number of ether oxygens (including phenoxy) is 1.